The van der Waals surface area contributed by atoms with E-state index >= 15 is 4.39 Å². The Bertz CT molecular complexity index is 1480. The van der Waals surface area contributed by atoms with Crippen molar-refractivity contribution in [2.45, 2.75) is 44.6 Å². The number of aryl methyl sites for hydroxylation is 1. The van der Waals surface area contributed by atoms with Gasteiger partial charge >= 0.3 is 6.03 Å². The number of nitrogens with two attached hydrogens (primary N) is 1. The molecule has 3 aromatic rings. The van der Waals surface area contributed by atoms with Crippen molar-refractivity contribution in [1.29, 1.82) is 0 Å². The number of amides is 3. The lowest BCUT2D eigenvalue weighted by Crippen LogP contribution is -2.50. The molecule has 2 heterocycles. The summed E-state index contributed by atoms with van der Waals surface area (Å²) in [5.41, 5.74) is 7.87. The minimum absolute atomic E-state index is 0.00246. The topological polar surface area (TPSA) is 116 Å². The number of rotatable bonds is 6. The third-order valence-corrected chi connectivity index (χ3v) is 8.70. The summed E-state index contributed by atoms with van der Waals surface area (Å²) in [6.07, 6.45) is 1.08. The van der Waals surface area contributed by atoms with Crippen molar-refractivity contribution in [2.24, 2.45) is 11.7 Å². The lowest BCUT2D eigenvalue weighted by atomic mass is 9.71. The number of benzene rings is 2. The Labute approximate surface area is 244 Å². The Balaban J connectivity index is 1.61. The molecule has 1 saturated heterocycles. The fourth-order valence-corrected chi connectivity index (χ4v) is 6.31. The summed E-state index contributed by atoms with van der Waals surface area (Å²) in [7, 11) is 3.42. The average molecular weight is 583 g/mol. The van der Waals surface area contributed by atoms with Crippen molar-refractivity contribution < 1.29 is 19.1 Å². The molecular weight excluding hydrogens is 547 g/mol. The van der Waals surface area contributed by atoms with Crippen LogP contribution < -0.4 is 10.6 Å². The second-order valence-corrected chi connectivity index (χ2v) is 11.6. The van der Waals surface area contributed by atoms with Gasteiger partial charge in [0.15, 0.2) is 5.82 Å². The molecule has 3 atom stereocenters. The Hall–Kier alpha value is -3.50. The number of nitrogens with zero attached hydrogens (tertiary/aromatic N) is 5. The Morgan fingerprint density at radius 3 is 2.56 bits per heavy atom. The minimum Gasteiger partial charge on any atom is -0.392 e. The molecule has 3 amide bonds. The maximum absolute atomic E-state index is 16.8. The van der Waals surface area contributed by atoms with E-state index in [0.717, 1.165) is 11.1 Å². The molecule has 1 aromatic heterocycles. The standard InChI is InChI=1S/C30H36ClFN6O3/c1-17-22(39)15-18-7-4-5-8-19(18)25(17)26-21(31)16-20-28(27(26)32)34-23(9-6-10-24(40)36(2)3)35-29(20)37-11-13-38(14-12-37)30(33)41/h4-5,7-8,16-17,22,25,39H,6,9-15H2,1-3H3,(H2,33,41)/t17-,22-,25-/m0/s1. The van der Waals surface area contributed by atoms with Crippen LogP contribution in [-0.2, 0) is 17.6 Å². The third kappa shape index (κ3) is 5.67. The first-order chi connectivity index (χ1) is 19.6. The normalized spacial score (nSPS) is 20.7. The van der Waals surface area contributed by atoms with E-state index in [-0.39, 0.29) is 22.4 Å². The number of aliphatic hydroxyl groups excluding tert-OH is 1. The molecule has 0 saturated carbocycles. The number of fused-ring (bicyclic) bond motifs is 2. The lowest BCUT2D eigenvalue weighted by Gasteiger charge is -2.37. The predicted molar refractivity (Wildman–Crippen MR) is 157 cm³/mol. The van der Waals surface area contributed by atoms with Gasteiger partial charge < -0.3 is 25.5 Å². The third-order valence-electron chi connectivity index (χ3n) is 8.39. The van der Waals surface area contributed by atoms with Gasteiger partial charge in [0.1, 0.15) is 17.2 Å². The fourth-order valence-electron chi connectivity index (χ4n) is 6.00. The first-order valence-electron chi connectivity index (χ1n) is 14.0. The molecule has 0 unspecified atom stereocenters. The van der Waals surface area contributed by atoms with Crippen LogP contribution in [0.25, 0.3) is 10.9 Å². The number of hydrogen-bond donors (Lipinski definition) is 2. The number of primary amides is 1. The van der Waals surface area contributed by atoms with E-state index in [9.17, 15) is 14.7 Å². The summed E-state index contributed by atoms with van der Waals surface area (Å²) < 4.78 is 16.8. The van der Waals surface area contributed by atoms with Gasteiger partial charge in [-0.1, -0.05) is 42.8 Å². The van der Waals surface area contributed by atoms with E-state index in [1.54, 1.807) is 25.1 Å². The highest BCUT2D eigenvalue weighted by atomic mass is 35.5. The van der Waals surface area contributed by atoms with Crippen molar-refractivity contribution in [3.05, 3.63) is 63.7 Å². The van der Waals surface area contributed by atoms with E-state index in [1.807, 2.05) is 36.1 Å². The summed E-state index contributed by atoms with van der Waals surface area (Å²) in [6.45, 7) is 3.68. The smallest absolute Gasteiger partial charge is 0.314 e. The summed E-state index contributed by atoms with van der Waals surface area (Å²) in [4.78, 5) is 38.4. The van der Waals surface area contributed by atoms with E-state index in [4.69, 9.17) is 22.3 Å². The van der Waals surface area contributed by atoms with Crippen molar-refractivity contribution in [3.8, 4) is 0 Å². The van der Waals surface area contributed by atoms with Gasteiger partial charge in [-0.15, -0.1) is 0 Å². The van der Waals surface area contributed by atoms with Crippen LogP contribution in [-0.4, -0.2) is 83.2 Å². The summed E-state index contributed by atoms with van der Waals surface area (Å²) in [5.74, 6) is -0.284. The Morgan fingerprint density at radius 1 is 1.17 bits per heavy atom. The van der Waals surface area contributed by atoms with Crippen LogP contribution in [0.5, 0.6) is 0 Å². The van der Waals surface area contributed by atoms with Crippen LogP contribution in [0.1, 0.15) is 48.2 Å². The number of halogens is 2. The Morgan fingerprint density at radius 2 is 1.88 bits per heavy atom. The highest BCUT2D eigenvalue weighted by molar-refractivity contribution is 6.32. The van der Waals surface area contributed by atoms with Gasteiger partial charge in [0, 0.05) is 75.0 Å². The molecule has 2 aromatic carbocycles. The molecule has 0 spiro atoms. The van der Waals surface area contributed by atoms with Gasteiger partial charge in [0.25, 0.3) is 0 Å². The van der Waals surface area contributed by atoms with Crippen molar-refractivity contribution in [1.82, 2.24) is 19.8 Å². The molecule has 1 aliphatic carbocycles. The maximum atomic E-state index is 16.8. The molecule has 41 heavy (non-hydrogen) atoms. The van der Waals surface area contributed by atoms with Crippen molar-refractivity contribution in [2.75, 3.05) is 45.2 Å². The molecule has 3 N–H and O–H groups in total. The lowest BCUT2D eigenvalue weighted by molar-refractivity contribution is -0.128. The van der Waals surface area contributed by atoms with Gasteiger partial charge in [-0.2, -0.15) is 0 Å². The molecule has 5 rings (SSSR count). The molecule has 9 nitrogen and oxygen atoms in total. The zero-order chi connectivity index (χ0) is 29.4. The van der Waals surface area contributed by atoms with Gasteiger partial charge in [-0.3, -0.25) is 4.79 Å². The monoisotopic (exact) mass is 582 g/mol. The number of piperazine rings is 1. The molecule has 0 radical (unpaired) electrons. The summed E-state index contributed by atoms with van der Waals surface area (Å²) in [5, 5.41) is 11.6. The number of hydrogen-bond acceptors (Lipinski definition) is 6. The first kappa shape index (κ1) is 29.0. The van der Waals surface area contributed by atoms with Crippen LogP contribution in [0.4, 0.5) is 15.0 Å². The second-order valence-electron chi connectivity index (χ2n) is 11.2. The largest absolute Gasteiger partial charge is 0.392 e. The molecule has 1 aliphatic heterocycles. The van der Waals surface area contributed by atoms with Gasteiger partial charge in [-0.25, -0.2) is 19.2 Å². The fraction of sp³-hybridized carbons (Fsp3) is 0.467. The van der Waals surface area contributed by atoms with E-state index < -0.39 is 23.9 Å². The Kier molecular flexibility index (Phi) is 8.33. The first-order valence-corrected chi connectivity index (χ1v) is 14.4. The van der Waals surface area contributed by atoms with E-state index in [1.165, 1.54) is 4.90 Å². The van der Waals surface area contributed by atoms with Gasteiger partial charge in [0.05, 0.1) is 6.10 Å². The van der Waals surface area contributed by atoms with Crippen LogP contribution in [0.15, 0.2) is 30.3 Å². The highest BCUT2D eigenvalue weighted by Gasteiger charge is 2.37. The number of carbonyl (C=O) groups excluding carboxylic acids is 2. The van der Waals surface area contributed by atoms with Gasteiger partial charge in [-0.05, 0) is 36.0 Å². The predicted octanol–water partition coefficient (Wildman–Crippen LogP) is 3.72. The maximum Gasteiger partial charge on any atom is 0.314 e. The molecule has 1 fully saturated rings. The van der Waals surface area contributed by atoms with Crippen molar-refractivity contribution >= 4 is 40.3 Å². The van der Waals surface area contributed by atoms with Crippen LogP contribution in [0.2, 0.25) is 5.02 Å². The molecule has 218 valence electrons. The van der Waals surface area contributed by atoms with Gasteiger partial charge in [0.2, 0.25) is 5.91 Å². The van der Waals surface area contributed by atoms with E-state index in [0.29, 0.717) is 74.5 Å². The van der Waals surface area contributed by atoms with Crippen LogP contribution >= 0.6 is 11.6 Å². The highest BCUT2D eigenvalue weighted by Crippen LogP contribution is 2.46. The second kappa shape index (κ2) is 11.8. The minimum atomic E-state index is -0.645. The SMILES string of the molecule is C[C@@H]1[C@H](c2c(Cl)cc3c(N4CCN(C(N)=O)CC4)nc(CCCC(=O)N(C)C)nc3c2F)c2ccccc2C[C@@H]1O. The number of carbonyl (C=O) groups is 2. The van der Waals surface area contributed by atoms with Crippen molar-refractivity contribution in [3.63, 3.8) is 0 Å². The van der Waals surface area contributed by atoms with E-state index in [2.05, 4.69) is 4.98 Å². The zero-order valence-corrected chi connectivity index (χ0v) is 24.4. The molecule has 11 heteroatoms. The number of aromatic nitrogens is 2. The number of aliphatic hydroxyl groups is 1. The number of urea groups is 1. The molecular formula is C30H36ClFN6O3. The zero-order valence-electron chi connectivity index (χ0n) is 23.6. The summed E-state index contributed by atoms with van der Waals surface area (Å²) in [6, 6.07) is 9.01. The quantitative estimate of drug-likeness (QED) is 0.458. The van der Waals surface area contributed by atoms with Crippen LogP contribution in [0, 0.1) is 11.7 Å². The summed E-state index contributed by atoms with van der Waals surface area (Å²) >= 11 is 6.88. The van der Waals surface area contributed by atoms with Crippen LogP contribution in [0.3, 0.4) is 0 Å². The number of anilines is 1. The average Bonchev–Trinajstić information content (AvgIpc) is 2.95. The molecule has 2 aliphatic rings. The molecule has 0 bridgehead atoms.